The molecule has 6 nitrogen and oxygen atoms in total. The second kappa shape index (κ2) is 6.18. The highest BCUT2D eigenvalue weighted by Crippen LogP contribution is 2.16. The quantitative estimate of drug-likeness (QED) is 0.599. The van der Waals surface area contributed by atoms with Gasteiger partial charge in [-0.1, -0.05) is 30.3 Å². The normalized spacial score (nSPS) is 19.8. The minimum atomic E-state index is -1.24. The molecule has 20 heavy (non-hydrogen) atoms. The van der Waals surface area contributed by atoms with Gasteiger partial charge in [-0.25, -0.2) is 9.59 Å². The molecule has 0 saturated carbocycles. The van der Waals surface area contributed by atoms with Crippen LogP contribution in [0.15, 0.2) is 30.3 Å². The molecule has 0 bridgehead atoms. The number of esters is 3. The van der Waals surface area contributed by atoms with E-state index in [2.05, 4.69) is 4.74 Å². The summed E-state index contributed by atoms with van der Waals surface area (Å²) in [6.45, 7) is 1.14. The van der Waals surface area contributed by atoms with Crippen molar-refractivity contribution in [3.8, 4) is 0 Å². The van der Waals surface area contributed by atoms with Crippen LogP contribution in [0.1, 0.15) is 12.5 Å². The summed E-state index contributed by atoms with van der Waals surface area (Å²) < 4.78 is 14.5. The Morgan fingerprint density at radius 3 is 2.75 bits per heavy atom. The smallest absolute Gasteiger partial charge is 0.348 e. The Labute approximate surface area is 115 Å². The Morgan fingerprint density at radius 2 is 2.05 bits per heavy atom. The molecule has 106 valence electrons. The van der Waals surface area contributed by atoms with E-state index in [-0.39, 0.29) is 6.61 Å². The van der Waals surface area contributed by atoms with Gasteiger partial charge < -0.3 is 14.2 Å². The zero-order valence-corrected chi connectivity index (χ0v) is 10.9. The average molecular weight is 278 g/mol. The minimum Gasteiger partial charge on any atom is -0.460 e. The standard InChI is InChI=1S/C14H14O6/c1-9(12-14(17)19-8-11(15)20-12)13(16)18-7-10-5-3-2-4-6-10/h2-6,9,12H,7-8H2,1H3. The number of carbonyl (C=O) groups is 3. The maximum atomic E-state index is 11.8. The highest BCUT2D eigenvalue weighted by atomic mass is 16.6. The van der Waals surface area contributed by atoms with Gasteiger partial charge in [0.1, 0.15) is 12.5 Å². The lowest BCUT2D eigenvalue weighted by atomic mass is 10.0. The van der Waals surface area contributed by atoms with Crippen LogP contribution < -0.4 is 0 Å². The van der Waals surface area contributed by atoms with Crippen molar-refractivity contribution in [1.82, 2.24) is 0 Å². The van der Waals surface area contributed by atoms with Crippen LogP contribution >= 0.6 is 0 Å². The number of benzene rings is 1. The highest BCUT2D eigenvalue weighted by Gasteiger charge is 2.39. The Kier molecular flexibility index (Phi) is 4.34. The summed E-state index contributed by atoms with van der Waals surface area (Å²) in [5.41, 5.74) is 0.830. The third-order valence-electron chi connectivity index (χ3n) is 2.87. The van der Waals surface area contributed by atoms with Crippen molar-refractivity contribution in [2.75, 3.05) is 6.61 Å². The molecule has 2 rings (SSSR count). The first-order valence-electron chi connectivity index (χ1n) is 6.14. The first kappa shape index (κ1) is 14.0. The van der Waals surface area contributed by atoms with Crippen molar-refractivity contribution in [3.05, 3.63) is 35.9 Å². The van der Waals surface area contributed by atoms with E-state index < -0.39 is 36.5 Å². The van der Waals surface area contributed by atoms with Gasteiger partial charge in [-0.15, -0.1) is 0 Å². The SMILES string of the molecule is CC(C(=O)OCc1ccccc1)C1OC(=O)COC1=O. The number of hydrogen-bond donors (Lipinski definition) is 0. The molecule has 1 aliphatic rings. The summed E-state index contributed by atoms with van der Waals surface area (Å²) in [7, 11) is 0. The Morgan fingerprint density at radius 1 is 1.35 bits per heavy atom. The predicted octanol–water partition coefficient (Wildman–Crippen LogP) is 0.834. The molecule has 2 unspecified atom stereocenters. The number of rotatable bonds is 4. The van der Waals surface area contributed by atoms with Crippen LogP contribution in [-0.4, -0.2) is 30.6 Å². The lowest BCUT2D eigenvalue weighted by Gasteiger charge is -2.24. The van der Waals surface area contributed by atoms with Crippen LogP contribution in [0.25, 0.3) is 0 Å². The van der Waals surface area contributed by atoms with E-state index in [1.165, 1.54) is 6.92 Å². The molecular formula is C14H14O6. The Hall–Kier alpha value is -2.37. The predicted molar refractivity (Wildman–Crippen MR) is 66.2 cm³/mol. The molecule has 1 aromatic rings. The Balaban J connectivity index is 1.91. The molecule has 0 aromatic heterocycles. The summed E-state index contributed by atoms with van der Waals surface area (Å²) in [4.78, 5) is 34.4. The third kappa shape index (κ3) is 3.34. The topological polar surface area (TPSA) is 78.9 Å². The van der Waals surface area contributed by atoms with E-state index in [0.717, 1.165) is 5.56 Å². The molecule has 0 spiro atoms. The van der Waals surface area contributed by atoms with Gasteiger partial charge >= 0.3 is 17.9 Å². The second-order valence-electron chi connectivity index (χ2n) is 4.40. The van der Waals surface area contributed by atoms with Crippen molar-refractivity contribution in [2.45, 2.75) is 19.6 Å². The second-order valence-corrected chi connectivity index (χ2v) is 4.40. The van der Waals surface area contributed by atoms with Gasteiger partial charge in [0.05, 0.1) is 0 Å². The van der Waals surface area contributed by atoms with E-state index in [9.17, 15) is 14.4 Å². The molecule has 1 saturated heterocycles. The van der Waals surface area contributed by atoms with Crippen molar-refractivity contribution in [2.24, 2.45) is 5.92 Å². The Bertz CT molecular complexity index is 510. The number of ether oxygens (including phenoxy) is 3. The lowest BCUT2D eigenvalue weighted by molar-refractivity contribution is -0.191. The molecule has 0 amide bonds. The molecule has 1 aromatic carbocycles. The van der Waals surface area contributed by atoms with Crippen LogP contribution in [0, 0.1) is 5.92 Å². The molecule has 6 heteroatoms. The average Bonchev–Trinajstić information content (AvgIpc) is 2.47. The van der Waals surface area contributed by atoms with Gasteiger partial charge in [0.2, 0.25) is 6.10 Å². The minimum absolute atomic E-state index is 0.0970. The van der Waals surface area contributed by atoms with Crippen LogP contribution in [-0.2, 0) is 35.2 Å². The van der Waals surface area contributed by atoms with Crippen LogP contribution in [0.2, 0.25) is 0 Å². The van der Waals surface area contributed by atoms with Gasteiger partial charge in [0, 0.05) is 0 Å². The maximum absolute atomic E-state index is 11.8. The van der Waals surface area contributed by atoms with Crippen LogP contribution in [0.3, 0.4) is 0 Å². The fourth-order valence-electron chi connectivity index (χ4n) is 1.73. The molecule has 0 radical (unpaired) electrons. The van der Waals surface area contributed by atoms with Gasteiger partial charge in [-0.2, -0.15) is 0 Å². The number of carbonyl (C=O) groups excluding carboxylic acids is 3. The highest BCUT2D eigenvalue weighted by molar-refractivity contribution is 5.89. The first-order chi connectivity index (χ1) is 9.58. The molecule has 1 aliphatic heterocycles. The van der Waals surface area contributed by atoms with Crippen LogP contribution in [0.5, 0.6) is 0 Å². The van der Waals surface area contributed by atoms with Gasteiger partial charge in [0.15, 0.2) is 6.61 Å². The summed E-state index contributed by atoms with van der Waals surface area (Å²) in [6.07, 6.45) is -1.24. The molecular weight excluding hydrogens is 264 g/mol. The van der Waals surface area contributed by atoms with E-state index in [4.69, 9.17) is 9.47 Å². The van der Waals surface area contributed by atoms with E-state index in [1.807, 2.05) is 30.3 Å². The van der Waals surface area contributed by atoms with Gasteiger partial charge in [-0.05, 0) is 12.5 Å². The summed E-state index contributed by atoms with van der Waals surface area (Å²) in [5, 5.41) is 0. The lowest BCUT2D eigenvalue weighted by Crippen LogP contribution is -2.44. The number of hydrogen-bond acceptors (Lipinski definition) is 6. The number of cyclic esters (lactones) is 2. The first-order valence-corrected chi connectivity index (χ1v) is 6.14. The summed E-state index contributed by atoms with van der Waals surface area (Å²) >= 11 is 0. The fourth-order valence-corrected chi connectivity index (χ4v) is 1.73. The van der Waals surface area contributed by atoms with E-state index in [0.29, 0.717) is 0 Å². The van der Waals surface area contributed by atoms with E-state index >= 15 is 0 Å². The maximum Gasteiger partial charge on any atom is 0.348 e. The van der Waals surface area contributed by atoms with Gasteiger partial charge in [0.25, 0.3) is 0 Å². The third-order valence-corrected chi connectivity index (χ3v) is 2.87. The zero-order chi connectivity index (χ0) is 14.5. The molecule has 0 aliphatic carbocycles. The molecule has 1 fully saturated rings. The van der Waals surface area contributed by atoms with E-state index in [1.54, 1.807) is 0 Å². The van der Waals surface area contributed by atoms with Crippen molar-refractivity contribution < 1.29 is 28.6 Å². The molecule has 1 heterocycles. The fraction of sp³-hybridized carbons (Fsp3) is 0.357. The van der Waals surface area contributed by atoms with Crippen molar-refractivity contribution in [3.63, 3.8) is 0 Å². The largest absolute Gasteiger partial charge is 0.460 e. The van der Waals surface area contributed by atoms with Crippen LogP contribution in [0.4, 0.5) is 0 Å². The molecule has 0 N–H and O–H groups in total. The monoisotopic (exact) mass is 278 g/mol. The van der Waals surface area contributed by atoms with Gasteiger partial charge in [-0.3, -0.25) is 4.79 Å². The van der Waals surface area contributed by atoms with Crippen molar-refractivity contribution >= 4 is 17.9 Å². The zero-order valence-electron chi connectivity index (χ0n) is 10.9. The molecule has 2 atom stereocenters. The summed E-state index contributed by atoms with van der Waals surface area (Å²) in [5.74, 6) is -2.92. The summed E-state index contributed by atoms with van der Waals surface area (Å²) in [6, 6.07) is 9.13. The van der Waals surface area contributed by atoms with Crippen molar-refractivity contribution in [1.29, 1.82) is 0 Å².